The largest absolute Gasteiger partial charge is 0.418 e. The summed E-state index contributed by atoms with van der Waals surface area (Å²) >= 11 is 5.77. The Balaban J connectivity index is 2.48. The summed E-state index contributed by atoms with van der Waals surface area (Å²) in [4.78, 5) is 12.2. The topological polar surface area (TPSA) is 55.1 Å². The van der Waals surface area contributed by atoms with Gasteiger partial charge >= 0.3 is 6.18 Å². The Labute approximate surface area is 123 Å². The molecule has 0 unspecified atom stereocenters. The van der Waals surface area contributed by atoms with E-state index in [4.69, 9.17) is 17.4 Å². The molecule has 0 radical (unpaired) electrons. The van der Waals surface area contributed by atoms with E-state index in [1.165, 1.54) is 18.2 Å². The summed E-state index contributed by atoms with van der Waals surface area (Å²) < 4.78 is 38.8. The van der Waals surface area contributed by atoms with Crippen molar-refractivity contribution in [3.63, 3.8) is 0 Å². The Hall–Kier alpha value is -2.05. The molecule has 3 nitrogen and oxygen atoms in total. The third-order valence-corrected chi connectivity index (χ3v) is 3.06. The number of alkyl halides is 3. The second kappa shape index (κ2) is 5.75. The van der Waals surface area contributed by atoms with Crippen molar-refractivity contribution in [1.29, 1.82) is 0 Å². The molecular formula is C14H10ClF3N2O. The van der Waals surface area contributed by atoms with Crippen molar-refractivity contribution in [3.05, 3.63) is 64.2 Å². The molecule has 2 aromatic rings. The lowest BCUT2D eigenvalue weighted by molar-refractivity contribution is -0.137. The number of anilines is 1. The van der Waals surface area contributed by atoms with E-state index in [9.17, 15) is 18.0 Å². The number of rotatable bonds is 3. The van der Waals surface area contributed by atoms with Crippen LogP contribution in [0.2, 0.25) is 5.02 Å². The van der Waals surface area contributed by atoms with Gasteiger partial charge in [-0.15, -0.1) is 0 Å². The van der Waals surface area contributed by atoms with Gasteiger partial charge in [0, 0.05) is 16.1 Å². The van der Waals surface area contributed by atoms with E-state index in [1.54, 1.807) is 12.1 Å². The van der Waals surface area contributed by atoms with E-state index in [2.05, 4.69) is 0 Å². The molecule has 0 amide bonds. The van der Waals surface area contributed by atoms with Gasteiger partial charge in [-0.3, -0.25) is 10.6 Å². The highest BCUT2D eigenvalue weighted by atomic mass is 35.5. The molecule has 0 bridgehead atoms. The smallest absolute Gasteiger partial charge is 0.324 e. The second-order valence-electron chi connectivity index (χ2n) is 4.24. The molecule has 0 atom stereocenters. The Morgan fingerprint density at radius 2 is 1.76 bits per heavy atom. The summed E-state index contributed by atoms with van der Waals surface area (Å²) in [6.45, 7) is 0. The van der Waals surface area contributed by atoms with Gasteiger partial charge in [-0.05, 0) is 30.3 Å². The van der Waals surface area contributed by atoms with Crippen LogP contribution in [0.1, 0.15) is 21.5 Å². The van der Waals surface area contributed by atoms with Gasteiger partial charge in [0.05, 0.1) is 11.3 Å². The van der Waals surface area contributed by atoms with Gasteiger partial charge in [-0.2, -0.15) is 13.2 Å². The molecule has 21 heavy (non-hydrogen) atoms. The monoisotopic (exact) mass is 314 g/mol. The molecule has 0 saturated heterocycles. The third-order valence-electron chi connectivity index (χ3n) is 2.83. The Bertz CT molecular complexity index is 686. The van der Waals surface area contributed by atoms with Gasteiger partial charge < -0.3 is 5.43 Å². The maximum Gasteiger partial charge on any atom is 0.418 e. The summed E-state index contributed by atoms with van der Waals surface area (Å²) in [6.07, 6.45) is -4.62. The number of hydrogen-bond donors (Lipinski definition) is 2. The Kier molecular flexibility index (Phi) is 4.20. The van der Waals surface area contributed by atoms with Crippen molar-refractivity contribution in [2.75, 3.05) is 5.43 Å². The van der Waals surface area contributed by atoms with Crippen LogP contribution in [-0.2, 0) is 6.18 Å². The normalized spacial score (nSPS) is 11.3. The van der Waals surface area contributed by atoms with Crippen LogP contribution < -0.4 is 11.3 Å². The molecule has 0 aliphatic heterocycles. The molecular weight excluding hydrogens is 305 g/mol. The van der Waals surface area contributed by atoms with E-state index < -0.39 is 17.5 Å². The number of nitrogen functional groups attached to an aromatic ring is 1. The molecule has 0 aliphatic carbocycles. The second-order valence-corrected chi connectivity index (χ2v) is 4.68. The lowest BCUT2D eigenvalue weighted by atomic mass is 10.00. The molecule has 3 N–H and O–H groups in total. The highest BCUT2D eigenvalue weighted by Gasteiger charge is 2.34. The highest BCUT2D eigenvalue weighted by Crippen LogP contribution is 2.35. The number of nitrogens with one attached hydrogen (secondary N) is 1. The van der Waals surface area contributed by atoms with E-state index in [-0.39, 0.29) is 16.8 Å². The Morgan fingerprint density at radius 1 is 1.10 bits per heavy atom. The Morgan fingerprint density at radius 3 is 2.33 bits per heavy atom. The van der Waals surface area contributed by atoms with Crippen molar-refractivity contribution in [3.8, 4) is 0 Å². The zero-order chi connectivity index (χ0) is 15.6. The molecule has 110 valence electrons. The molecule has 2 aromatic carbocycles. The number of hydrogen-bond acceptors (Lipinski definition) is 3. The van der Waals surface area contributed by atoms with E-state index in [0.717, 1.165) is 12.1 Å². The molecule has 0 heterocycles. The number of halogens is 4. The van der Waals surface area contributed by atoms with Gasteiger partial charge in [0.25, 0.3) is 0 Å². The summed E-state index contributed by atoms with van der Waals surface area (Å²) in [5.74, 6) is 4.50. The first kappa shape index (κ1) is 15.3. The molecule has 2 rings (SSSR count). The first-order valence-corrected chi connectivity index (χ1v) is 6.19. The lowest BCUT2D eigenvalue weighted by Gasteiger charge is -2.13. The number of nitrogens with two attached hydrogens (primary N) is 1. The summed E-state index contributed by atoms with van der Waals surface area (Å²) in [5.41, 5.74) is 0.780. The zero-order valence-electron chi connectivity index (χ0n) is 10.5. The number of ketones is 1. The number of hydrazine groups is 1. The standard InChI is InChI=1S/C14H10ClF3N2O/c15-10-3-1-2-8(6-10)13(21)9-4-5-12(20-19)11(7-9)14(16,17)18/h1-7,20H,19H2. The maximum atomic E-state index is 12.9. The first-order valence-electron chi connectivity index (χ1n) is 5.81. The predicted molar refractivity (Wildman–Crippen MR) is 74.1 cm³/mol. The summed E-state index contributed by atoms with van der Waals surface area (Å²) in [7, 11) is 0. The van der Waals surface area contributed by atoms with Crippen molar-refractivity contribution < 1.29 is 18.0 Å². The number of carbonyl (C=O) groups excluding carboxylic acids is 1. The highest BCUT2D eigenvalue weighted by molar-refractivity contribution is 6.31. The lowest BCUT2D eigenvalue weighted by Crippen LogP contribution is -2.16. The minimum atomic E-state index is -4.62. The van der Waals surface area contributed by atoms with Crippen LogP contribution in [0.3, 0.4) is 0 Å². The maximum absolute atomic E-state index is 12.9. The van der Waals surface area contributed by atoms with Crippen LogP contribution in [0.4, 0.5) is 18.9 Å². The summed E-state index contributed by atoms with van der Waals surface area (Å²) in [6, 6.07) is 9.15. The SMILES string of the molecule is NNc1ccc(C(=O)c2cccc(Cl)c2)cc1C(F)(F)F. The van der Waals surface area contributed by atoms with Crippen LogP contribution >= 0.6 is 11.6 Å². The third kappa shape index (κ3) is 3.34. The van der Waals surface area contributed by atoms with Crippen molar-refractivity contribution in [2.45, 2.75) is 6.18 Å². The predicted octanol–water partition coefficient (Wildman–Crippen LogP) is 3.88. The first-order chi connectivity index (χ1) is 9.82. The molecule has 0 fully saturated rings. The van der Waals surface area contributed by atoms with Gasteiger partial charge in [-0.25, -0.2) is 0 Å². The van der Waals surface area contributed by atoms with Crippen LogP contribution in [-0.4, -0.2) is 5.78 Å². The van der Waals surface area contributed by atoms with Crippen LogP contribution in [0.25, 0.3) is 0 Å². The van der Waals surface area contributed by atoms with Crippen LogP contribution in [0.15, 0.2) is 42.5 Å². The average Bonchev–Trinajstić information content (AvgIpc) is 2.45. The molecule has 0 saturated carbocycles. The van der Waals surface area contributed by atoms with E-state index in [0.29, 0.717) is 5.02 Å². The van der Waals surface area contributed by atoms with Gasteiger partial charge in [-0.1, -0.05) is 23.7 Å². The molecule has 0 aromatic heterocycles. The van der Waals surface area contributed by atoms with E-state index in [1.807, 2.05) is 5.43 Å². The van der Waals surface area contributed by atoms with Gasteiger partial charge in [0.1, 0.15) is 0 Å². The zero-order valence-corrected chi connectivity index (χ0v) is 11.3. The number of benzene rings is 2. The minimum Gasteiger partial charge on any atom is -0.324 e. The fraction of sp³-hybridized carbons (Fsp3) is 0.0714. The van der Waals surface area contributed by atoms with Crippen LogP contribution in [0, 0.1) is 0 Å². The van der Waals surface area contributed by atoms with Crippen molar-refractivity contribution in [1.82, 2.24) is 0 Å². The molecule has 7 heteroatoms. The minimum absolute atomic E-state index is 0.0939. The summed E-state index contributed by atoms with van der Waals surface area (Å²) in [5, 5.41) is 0.331. The van der Waals surface area contributed by atoms with Gasteiger partial charge in [0.2, 0.25) is 0 Å². The van der Waals surface area contributed by atoms with Gasteiger partial charge in [0.15, 0.2) is 5.78 Å². The van der Waals surface area contributed by atoms with Crippen molar-refractivity contribution >= 4 is 23.1 Å². The van der Waals surface area contributed by atoms with Crippen molar-refractivity contribution in [2.24, 2.45) is 5.84 Å². The van der Waals surface area contributed by atoms with Crippen LogP contribution in [0.5, 0.6) is 0 Å². The molecule has 0 aliphatic rings. The quantitative estimate of drug-likeness (QED) is 0.513. The fourth-order valence-electron chi connectivity index (χ4n) is 1.84. The van der Waals surface area contributed by atoms with E-state index >= 15 is 0 Å². The average molecular weight is 315 g/mol. The molecule has 0 spiro atoms. The number of carbonyl (C=O) groups is 1. The fourth-order valence-corrected chi connectivity index (χ4v) is 2.03.